The van der Waals surface area contributed by atoms with E-state index < -0.39 is 5.97 Å². The first-order valence-corrected chi connectivity index (χ1v) is 8.19. The summed E-state index contributed by atoms with van der Waals surface area (Å²) in [4.78, 5) is 10.6. The van der Waals surface area contributed by atoms with Crippen LogP contribution in [0.15, 0.2) is 53.0 Å². The Labute approximate surface area is 141 Å². The number of carbonyl (C=O) groups is 1. The van der Waals surface area contributed by atoms with Gasteiger partial charge in [0.15, 0.2) is 0 Å². The van der Waals surface area contributed by atoms with E-state index in [1.165, 1.54) is 10.0 Å². The van der Waals surface area contributed by atoms with E-state index in [4.69, 9.17) is 5.11 Å². The summed E-state index contributed by atoms with van der Waals surface area (Å²) in [5, 5.41) is 8.69. The molecule has 0 aliphatic heterocycles. The quantitative estimate of drug-likeness (QED) is 0.717. The zero-order chi connectivity index (χ0) is 16.7. The van der Waals surface area contributed by atoms with Crippen molar-refractivity contribution in [1.29, 1.82) is 0 Å². The fraction of sp³-hybridized carbons (Fsp3) is 0.316. The fourth-order valence-electron chi connectivity index (χ4n) is 1.90. The Balaban J connectivity index is 0.000000224. The molecule has 1 N–H and O–H groups in total. The Bertz CT molecular complexity index is 618. The van der Waals surface area contributed by atoms with E-state index >= 15 is 0 Å². The van der Waals surface area contributed by atoms with Crippen LogP contribution in [0.25, 0.3) is 0 Å². The lowest BCUT2D eigenvalue weighted by Crippen LogP contribution is -1.97. The molecule has 0 fully saturated rings. The number of rotatable bonds is 3. The fourth-order valence-corrected chi connectivity index (χ4v) is 2.31. The summed E-state index contributed by atoms with van der Waals surface area (Å²) < 4.78 is 1.17. The van der Waals surface area contributed by atoms with E-state index in [2.05, 4.69) is 48.0 Å². The molecule has 118 valence electrons. The van der Waals surface area contributed by atoms with Gasteiger partial charge in [-0.1, -0.05) is 67.9 Å². The SMILES string of the molecule is CC(C)c1cccc(Br)c1.CC(C)c1cccc(C(=O)O)c1. The summed E-state index contributed by atoms with van der Waals surface area (Å²) >= 11 is 3.43. The Kier molecular flexibility index (Phi) is 7.33. The highest BCUT2D eigenvalue weighted by Gasteiger charge is 2.04. The zero-order valence-corrected chi connectivity index (χ0v) is 15.1. The minimum Gasteiger partial charge on any atom is -0.478 e. The maximum absolute atomic E-state index is 10.6. The van der Waals surface area contributed by atoms with Crippen molar-refractivity contribution >= 4 is 21.9 Å². The minimum absolute atomic E-state index is 0.362. The largest absolute Gasteiger partial charge is 0.478 e. The smallest absolute Gasteiger partial charge is 0.335 e. The molecule has 0 aliphatic carbocycles. The second-order valence-corrected chi connectivity index (χ2v) is 6.71. The van der Waals surface area contributed by atoms with Gasteiger partial charge in [-0.15, -0.1) is 0 Å². The summed E-state index contributed by atoms with van der Waals surface area (Å²) in [5.74, 6) is 0.138. The molecule has 0 amide bonds. The van der Waals surface area contributed by atoms with Crippen molar-refractivity contribution in [3.05, 3.63) is 69.7 Å². The highest BCUT2D eigenvalue weighted by atomic mass is 79.9. The van der Waals surface area contributed by atoms with Crippen LogP contribution in [0, 0.1) is 0 Å². The molecule has 0 heterocycles. The number of carboxylic acids is 1. The average Bonchev–Trinajstić information content (AvgIpc) is 2.48. The van der Waals surface area contributed by atoms with Crippen molar-refractivity contribution in [3.8, 4) is 0 Å². The molecule has 0 aromatic heterocycles. The van der Waals surface area contributed by atoms with Gasteiger partial charge in [0.05, 0.1) is 5.56 Å². The van der Waals surface area contributed by atoms with Gasteiger partial charge in [0.2, 0.25) is 0 Å². The van der Waals surface area contributed by atoms with Gasteiger partial charge in [0.1, 0.15) is 0 Å². The van der Waals surface area contributed by atoms with Gasteiger partial charge in [0.25, 0.3) is 0 Å². The van der Waals surface area contributed by atoms with Crippen LogP contribution in [-0.4, -0.2) is 11.1 Å². The molecule has 2 aromatic rings. The summed E-state index contributed by atoms with van der Waals surface area (Å²) in [7, 11) is 0. The van der Waals surface area contributed by atoms with Gasteiger partial charge < -0.3 is 5.11 Å². The van der Waals surface area contributed by atoms with E-state index in [1.54, 1.807) is 18.2 Å². The molecule has 0 radical (unpaired) electrons. The predicted molar refractivity (Wildman–Crippen MR) is 95.7 cm³/mol. The van der Waals surface area contributed by atoms with Crippen LogP contribution in [0.3, 0.4) is 0 Å². The zero-order valence-electron chi connectivity index (χ0n) is 13.5. The molecule has 0 saturated heterocycles. The molecule has 2 nitrogen and oxygen atoms in total. The first-order chi connectivity index (χ1) is 10.3. The molecule has 0 saturated carbocycles. The van der Waals surface area contributed by atoms with Crippen LogP contribution in [0.2, 0.25) is 0 Å². The summed E-state index contributed by atoms with van der Waals surface area (Å²) in [6.45, 7) is 8.48. The van der Waals surface area contributed by atoms with Crippen molar-refractivity contribution < 1.29 is 9.90 Å². The maximum Gasteiger partial charge on any atom is 0.335 e. The normalized spacial score (nSPS) is 10.3. The van der Waals surface area contributed by atoms with Crippen molar-refractivity contribution in [2.45, 2.75) is 39.5 Å². The van der Waals surface area contributed by atoms with Crippen LogP contribution < -0.4 is 0 Å². The van der Waals surface area contributed by atoms with Gasteiger partial charge in [-0.25, -0.2) is 4.79 Å². The Morgan fingerprint density at radius 2 is 1.41 bits per heavy atom. The summed E-state index contributed by atoms with van der Waals surface area (Å²) in [5.41, 5.74) is 2.81. The standard InChI is InChI=1S/C10H12O2.C9H11Br/c1-7(2)8-4-3-5-9(6-8)10(11)12;1-7(2)8-4-3-5-9(10)6-8/h3-7H,1-2H3,(H,11,12);3-7H,1-2H3. The van der Waals surface area contributed by atoms with Crippen LogP contribution in [0.1, 0.15) is 61.0 Å². The molecule has 3 heteroatoms. The number of hydrogen-bond donors (Lipinski definition) is 1. The van der Waals surface area contributed by atoms with Gasteiger partial charge in [-0.2, -0.15) is 0 Å². The van der Waals surface area contributed by atoms with Gasteiger partial charge >= 0.3 is 5.97 Å². The lowest BCUT2D eigenvalue weighted by Gasteiger charge is -2.04. The second-order valence-electron chi connectivity index (χ2n) is 5.80. The Morgan fingerprint density at radius 3 is 1.82 bits per heavy atom. The molecule has 0 atom stereocenters. The first kappa shape index (κ1) is 18.4. The van der Waals surface area contributed by atoms with E-state index in [-0.39, 0.29) is 0 Å². The second kappa shape index (κ2) is 8.74. The molecule has 0 aliphatic rings. The number of benzene rings is 2. The van der Waals surface area contributed by atoms with Crippen molar-refractivity contribution in [3.63, 3.8) is 0 Å². The van der Waals surface area contributed by atoms with Gasteiger partial charge in [-0.3, -0.25) is 0 Å². The van der Waals surface area contributed by atoms with E-state index in [0.717, 1.165) is 5.56 Å². The molecule has 0 spiro atoms. The Hall–Kier alpha value is -1.61. The van der Waals surface area contributed by atoms with Crippen LogP contribution in [-0.2, 0) is 0 Å². The van der Waals surface area contributed by atoms with E-state index in [1.807, 2.05) is 26.0 Å². The van der Waals surface area contributed by atoms with Crippen LogP contribution in [0.5, 0.6) is 0 Å². The third kappa shape index (κ3) is 6.02. The average molecular weight is 363 g/mol. The minimum atomic E-state index is -0.863. The molecule has 2 aromatic carbocycles. The Morgan fingerprint density at radius 1 is 0.909 bits per heavy atom. The molecule has 0 unspecified atom stereocenters. The third-order valence-electron chi connectivity index (χ3n) is 3.32. The number of carboxylic acid groups (broad SMARTS) is 1. The number of aromatic carboxylic acids is 1. The molecule has 22 heavy (non-hydrogen) atoms. The third-order valence-corrected chi connectivity index (χ3v) is 3.81. The van der Waals surface area contributed by atoms with Gasteiger partial charge in [0, 0.05) is 4.47 Å². The lowest BCUT2D eigenvalue weighted by atomic mass is 10.0. The van der Waals surface area contributed by atoms with E-state index in [9.17, 15) is 4.79 Å². The van der Waals surface area contributed by atoms with Crippen molar-refractivity contribution in [2.24, 2.45) is 0 Å². The number of halogens is 1. The summed E-state index contributed by atoms with van der Waals surface area (Å²) in [6, 6.07) is 15.5. The first-order valence-electron chi connectivity index (χ1n) is 7.40. The maximum atomic E-state index is 10.6. The lowest BCUT2D eigenvalue weighted by molar-refractivity contribution is 0.0697. The van der Waals surface area contributed by atoms with Crippen LogP contribution in [0.4, 0.5) is 0 Å². The van der Waals surface area contributed by atoms with Gasteiger partial charge in [-0.05, 0) is 47.2 Å². The van der Waals surface area contributed by atoms with Crippen LogP contribution >= 0.6 is 15.9 Å². The highest BCUT2D eigenvalue weighted by molar-refractivity contribution is 9.10. The molecular formula is C19H23BrO2. The van der Waals surface area contributed by atoms with E-state index in [0.29, 0.717) is 17.4 Å². The van der Waals surface area contributed by atoms with Crippen molar-refractivity contribution in [2.75, 3.05) is 0 Å². The topological polar surface area (TPSA) is 37.3 Å². The highest BCUT2D eigenvalue weighted by Crippen LogP contribution is 2.18. The number of hydrogen-bond acceptors (Lipinski definition) is 1. The summed E-state index contributed by atoms with van der Waals surface area (Å²) in [6.07, 6.45) is 0. The molecule has 2 rings (SSSR count). The predicted octanol–water partition coefficient (Wildman–Crippen LogP) is 6.08. The molecule has 0 bridgehead atoms. The monoisotopic (exact) mass is 362 g/mol. The molecular weight excluding hydrogens is 340 g/mol. The van der Waals surface area contributed by atoms with Crippen molar-refractivity contribution in [1.82, 2.24) is 0 Å².